The number of hydrogen-bond acceptors (Lipinski definition) is 5. The second-order valence-electron chi connectivity index (χ2n) is 7.45. The minimum absolute atomic E-state index is 0.0814. The summed E-state index contributed by atoms with van der Waals surface area (Å²) in [7, 11) is 1.48. The van der Waals surface area contributed by atoms with E-state index in [0.717, 1.165) is 11.0 Å². The third-order valence-corrected chi connectivity index (χ3v) is 5.21. The topological polar surface area (TPSA) is 103 Å². The number of urea groups is 2. The molecule has 2 heterocycles. The molecule has 0 atom stereocenters. The summed E-state index contributed by atoms with van der Waals surface area (Å²) < 4.78 is 33.3. The van der Waals surface area contributed by atoms with Crippen LogP contribution in [-0.4, -0.2) is 55.3 Å². The molecule has 2 aliphatic heterocycles. The largest absolute Gasteiger partial charge is 0.458 e. The van der Waals surface area contributed by atoms with Crippen LogP contribution in [0.2, 0.25) is 0 Å². The summed E-state index contributed by atoms with van der Waals surface area (Å²) in [5.41, 5.74) is 0.794. The maximum absolute atomic E-state index is 14.6. The molecule has 1 saturated heterocycles. The van der Waals surface area contributed by atoms with E-state index in [1.807, 2.05) is 0 Å². The molecule has 1 fully saturated rings. The van der Waals surface area contributed by atoms with Crippen LogP contribution in [0.3, 0.4) is 0 Å². The summed E-state index contributed by atoms with van der Waals surface area (Å²) in [6, 6.07) is 7.93. The highest BCUT2D eigenvalue weighted by atomic mass is 19.1. The van der Waals surface area contributed by atoms with Crippen LogP contribution in [-0.2, 0) is 4.79 Å². The molecular weight excluding hydrogens is 448 g/mol. The summed E-state index contributed by atoms with van der Waals surface area (Å²) in [4.78, 5) is 43.4. The summed E-state index contributed by atoms with van der Waals surface area (Å²) in [6.45, 7) is 0.702. The smallest absolute Gasteiger partial charge is 0.332 e. The molecular formula is C23H21F2N5O4. The molecule has 0 unspecified atom stereocenters. The van der Waals surface area contributed by atoms with Crippen molar-refractivity contribution >= 4 is 35.1 Å². The number of benzene rings is 2. The molecule has 2 aromatic carbocycles. The SMILES string of the molecule is CNC(=O)C1=NCCC(Oc2ccc(NC(=O)N3CCN(c4ccc(F)cc4)C3=O)cc2F)=C1. The number of anilines is 2. The predicted octanol–water partition coefficient (Wildman–Crippen LogP) is 3.29. The minimum Gasteiger partial charge on any atom is -0.458 e. The second-order valence-corrected chi connectivity index (χ2v) is 7.45. The standard InChI is InChI=1S/C23H21F2N5O4/c1-26-21(31)19-13-17(8-9-27-19)34-20-7-4-15(12-18(20)25)28-22(32)30-11-10-29(23(30)33)16-5-2-14(24)3-6-16/h2-7,12-13H,8-11H2,1H3,(H,26,31)(H,28,32). The summed E-state index contributed by atoms with van der Waals surface area (Å²) in [5, 5.41) is 4.96. The van der Waals surface area contributed by atoms with Crippen molar-refractivity contribution in [2.24, 2.45) is 4.99 Å². The van der Waals surface area contributed by atoms with Crippen LogP contribution < -0.4 is 20.3 Å². The molecule has 2 N–H and O–H groups in total. The maximum atomic E-state index is 14.6. The lowest BCUT2D eigenvalue weighted by atomic mass is 10.2. The van der Waals surface area contributed by atoms with Crippen LogP contribution in [0.25, 0.3) is 0 Å². The van der Waals surface area contributed by atoms with Crippen LogP contribution in [0.1, 0.15) is 6.42 Å². The lowest BCUT2D eigenvalue weighted by Gasteiger charge is -2.18. The fraction of sp³-hybridized carbons (Fsp3) is 0.217. The van der Waals surface area contributed by atoms with E-state index in [2.05, 4.69) is 15.6 Å². The molecule has 0 radical (unpaired) electrons. The number of hydrogen-bond donors (Lipinski definition) is 2. The summed E-state index contributed by atoms with van der Waals surface area (Å²) >= 11 is 0. The Balaban J connectivity index is 1.40. The Morgan fingerprint density at radius 3 is 2.56 bits per heavy atom. The number of amides is 5. The molecule has 0 bridgehead atoms. The van der Waals surface area contributed by atoms with Gasteiger partial charge in [-0.2, -0.15) is 0 Å². The average molecular weight is 469 g/mol. The molecule has 0 aliphatic carbocycles. The van der Waals surface area contributed by atoms with Gasteiger partial charge in [0.15, 0.2) is 11.6 Å². The fourth-order valence-corrected chi connectivity index (χ4v) is 3.48. The highest BCUT2D eigenvalue weighted by Gasteiger charge is 2.34. The minimum atomic E-state index is -0.733. The van der Waals surface area contributed by atoms with E-state index in [0.29, 0.717) is 24.4 Å². The molecule has 5 amide bonds. The van der Waals surface area contributed by atoms with E-state index < -0.39 is 23.7 Å². The van der Waals surface area contributed by atoms with Crippen LogP contribution in [0.5, 0.6) is 5.75 Å². The Hall–Kier alpha value is -4.28. The van der Waals surface area contributed by atoms with Gasteiger partial charge in [0.1, 0.15) is 17.3 Å². The van der Waals surface area contributed by atoms with Crippen molar-refractivity contribution in [2.45, 2.75) is 6.42 Å². The van der Waals surface area contributed by atoms with Crippen molar-refractivity contribution in [3.05, 3.63) is 65.9 Å². The Kier molecular flexibility index (Phi) is 6.53. The van der Waals surface area contributed by atoms with E-state index in [1.165, 1.54) is 54.4 Å². The lowest BCUT2D eigenvalue weighted by Crippen LogP contribution is -2.39. The number of rotatable bonds is 5. The number of carbonyl (C=O) groups excluding carboxylic acids is 3. The number of dihydropyridines is 1. The maximum Gasteiger partial charge on any atom is 0.332 e. The average Bonchev–Trinajstić information content (AvgIpc) is 3.22. The van der Waals surface area contributed by atoms with Gasteiger partial charge in [-0.15, -0.1) is 0 Å². The molecule has 11 heteroatoms. The van der Waals surface area contributed by atoms with Crippen LogP contribution in [0.4, 0.5) is 29.7 Å². The zero-order chi connectivity index (χ0) is 24.2. The van der Waals surface area contributed by atoms with Crippen molar-refractivity contribution in [1.82, 2.24) is 10.2 Å². The lowest BCUT2D eigenvalue weighted by molar-refractivity contribution is -0.114. The molecule has 0 spiro atoms. The number of nitrogens with one attached hydrogen (secondary N) is 2. The van der Waals surface area contributed by atoms with Gasteiger partial charge in [0.2, 0.25) is 0 Å². The monoisotopic (exact) mass is 469 g/mol. The van der Waals surface area contributed by atoms with E-state index in [9.17, 15) is 23.2 Å². The number of carbonyl (C=O) groups is 3. The predicted molar refractivity (Wildman–Crippen MR) is 121 cm³/mol. The Bertz CT molecular complexity index is 1200. The first-order valence-corrected chi connectivity index (χ1v) is 10.5. The first-order valence-electron chi connectivity index (χ1n) is 10.5. The number of aliphatic imine (C=N–C) groups is 1. The zero-order valence-corrected chi connectivity index (χ0v) is 18.2. The van der Waals surface area contributed by atoms with Crippen molar-refractivity contribution < 1.29 is 27.9 Å². The third kappa shape index (κ3) is 4.87. The van der Waals surface area contributed by atoms with E-state index in [4.69, 9.17) is 4.74 Å². The van der Waals surface area contributed by atoms with Gasteiger partial charge in [-0.3, -0.25) is 14.7 Å². The Labute approximate surface area is 193 Å². The van der Waals surface area contributed by atoms with Crippen molar-refractivity contribution in [3.8, 4) is 5.75 Å². The summed E-state index contributed by atoms with van der Waals surface area (Å²) in [6.07, 6.45) is 1.85. The molecule has 176 valence electrons. The Morgan fingerprint density at radius 2 is 1.85 bits per heavy atom. The molecule has 4 rings (SSSR count). The number of nitrogens with zero attached hydrogens (tertiary/aromatic N) is 3. The van der Waals surface area contributed by atoms with Crippen molar-refractivity contribution in [3.63, 3.8) is 0 Å². The highest BCUT2D eigenvalue weighted by molar-refractivity contribution is 6.43. The second kappa shape index (κ2) is 9.69. The van der Waals surface area contributed by atoms with Crippen LogP contribution in [0, 0.1) is 11.6 Å². The molecule has 0 aromatic heterocycles. The van der Waals surface area contributed by atoms with Crippen LogP contribution in [0.15, 0.2) is 59.3 Å². The molecule has 34 heavy (non-hydrogen) atoms. The van der Waals surface area contributed by atoms with Crippen LogP contribution >= 0.6 is 0 Å². The van der Waals surface area contributed by atoms with Crippen molar-refractivity contribution in [1.29, 1.82) is 0 Å². The molecule has 0 saturated carbocycles. The van der Waals surface area contributed by atoms with E-state index >= 15 is 0 Å². The van der Waals surface area contributed by atoms with Gasteiger partial charge in [-0.1, -0.05) is 0 Å². The van der Waals surface area contributed by atoms with Gasteiger partial charge in [0.05, 0.1) is 6.54 Å². The van der Waals surface area contributed by atoms with E-state index in [1.54, 1.807) is 0 Å². The molecule has 9 nitrogen and oxygen atoms in total. The van der Waals surface area contributed by atoms with Gasteiger partial charge in [-0.25, -0.2) is 23.3 Å². The highest BCUT2D eigenvalue weighted by Crippen LogP contribution is 2.26. The number of ether oxygens (including phenoxy) is 1. The normalized spacial score (nSPS) is 15.6. The number of imide groups is 1. The number of halogens is 2. The van der Waals surface area contributed by atoms with Gasteiger partial charge in [0, 0.05) is 50.1 Å². The van der Waals surface area contributed by atoms with Gasteiger partial charge < -0.3 is 15.4 Å². The quantitative estimate of drug-likeness (QED) is 0.701. The molecule has 2 aromatic rings. The third-order valence-electron chi connectivity index (χ3n) is 5.21. The van der Waals surface area contributed by atoms with E-state index in [-0.39, 0.29) is 36.1 Å². The zero-order valence-electron chi connectivity index (χ0n) is 18.2. The summed E-state index contributed by atoms with van der Waals surface area (Å²) in [5.74, 6) is -1.23. The molecule has 2 aliphatic rings. The first-order chi connectivity index (χ1) is 16.4. The fourth-order valence-electron chi connectivity index (χ4n) is 3.48. The Morgan fingerprint density at radius 1 is 1.09 bits per heavy atom. The van der Waals surface area contributed by atoms with Gasteiger partial charge >= 0.3 is 12.1 Å². The first kappa shape index (κ1) is 22.9. The van der Waals surface area contributed by atoms with Gasteiger partial charge in [0.25, 0.3) is 5.91 Å². The van der Waals surface area contributed by atoms with Crippen molar-refractivity contribution in [2.75, 3.05) is 36.9 Å². The van der Waals surface area contributed by atoms with Gasteiger partial charge in [-0.05, 0) is 36.4 Å².